The van der Waals surface area contributed by atoms with Crippen LogP contribution in [0.1, 0.15) is 29.6 Å². The number of fused-ring (bicyclic) bond motifs is 2. The van der Waals surface area contributed by atoms with Gasteiger partial charge in [0.1, 0.15) is 18.1 Å². The van der Waals surface area contributed by atoms with Crippen molar-refractivity contribution in [1.29, 1.82) is 0 Å². The summed E-state index contributed by atoms with van der Waals surface area (Å²) in [4.78, 5) is 24.7. The fourth-order valence-electron chi connectivity index (χ4n) is 4.29. The highest BCUT2D eigenvalue weighted by atomic mass is 127. The maximum atomic E-state index is 12.4. The van der Waals surface area contributed by atoms with Gasteiger partial charge in [0.15, 0.2) is 0 Å². The van der Waals surface area contributed by atoms with Crippen molar-refractivity contribution in [3.8, 4) is 0 Å². The summed E-state index contributed by atoms with van der Waals surface area (Å²) in [5, 5.41) is 0. The number of quaternary nitrogens is 1. The molecule has 0 spiro atoms. The SMILES string of the molecule is COC(=O)[C@H]1[C@@H](OC(=O)c2ccccc2)C[C@@H]2CC[C@H]1[N+]2(C)C.[I-]. The zero-order valence-corrected chi connectivity index (χ0v) is 16.4. The zero-order chi connectivity index (χ0) is 16.6. The second-order valence-electron chi connectivity index (χ2n) is 7.02. The molecule has 0 amide bonds. The molecule has 2 saturated heterocycles. The average molecular weight is 445 g/mol. The van der Waals surface area contributed by atoms with Crippen molar-refractivity contribution in [3.63, 3.8) is 0 Å². The third-order valence-corrected chi connectivity index (χ3v) is 5.65. The van der Waals surface area contributed by atoms with E-state index in [0.717, 1.165) is 17.3 Å². The minimum Gasteiger partial charge on any atom is -1.00 e. The summed E-state index contributed by atoms with van der Waals surface area (Å²) in [7, 11) is 5.72. The van der Waals surface area contributed by atoms with E-state index in [1.54, 1.807) is 24.3 Å². The summed E-state index contributed by atoms with van der Waals surface area (Å²) in [6.45, 7) is 0. The van der Waals surface area contributed by atoms with Gasteiger partial charge in [0, 0.05) is 19.3 Å². The highest BCUT2D eigenvalue weighted by Gasteiger charge is 2.58. The first kappa shape index (κ1) is 19.2. The summed E-state index contributed by atoms with van der Waals surface area (Å²) in [6, 6.07) is 9.50. The molecule has 2 aliphatic rings. The number of methoxy groups -OCH3 is 1. The van der Waals surface area contributed by atoms with Crippen LogP contribution >= 0.6 is 0 Å². The lowest BCUT2D eigenvalue weighted by molar-refractivity contribution is -0.934. The number of benzene rings is 1. The summed E-state index contributed by atoms with van der Waals surface area (Å²) in [5.74, 6) is -1.02. The van der Waals surface area contributed by atoms with E-state index in [4.69, 9.17) is 9.47 Å². The molecule has 0 radical (unpaired) electrons. The Morgan fingerprint density at radius 2 is 1.79 bits per heavy atom. The smallest absolute Gasteiger partial charge is 0.338 e. The van der Waals surface area contributed by atoms with Crippen LogP contribution < -0.4 is 24.0 Å². The molecule has 2 fully saturated rings. The van der Waals surface area contributed by atoms with E-state index in [1.165, 1.54) is 7.11 Å². The molecule has 1 aromatic carbocycles. The quantitative estimate of drug-likeness (QED) is 0.341. The van der Waals surface area contributed by atoms with Gasteiger partial charge < -0.3 is 37.9 Å². The summed E-state index contributed by atoms with van der Waals surface area (Å²) >= 11 is 0. The molecule has 5 nitrogen and oxygen atoms in total. The number of carbonyl (C=O) groups excluding carboxylic acids is 2. The topological polar surface area (TPSA) is 52.6 Å². The number of hydrogen-bond acceptors (Lipinski definition) is 4. The van der Waals surface area contributed by atoms with E-state index in [-0.39, 0.29) is 47.9 Å². The Bertz CT molecular complexity index is 604. The molecule has 3 rings (SSSR count). The Balaban J connectivity index is 0.00000208. The van der Waals surface area contributed by atoms with Crippen LogP contribution in [-0.2, 0) is 14.3 Å². The Labute approximate surface area is 159 Å². The van der Waals surface area contributed by atoms with Crippen molar-refractivity contribution in [2.45, 2.75) is 37.5 Å². The number of carbonyl (C=O) groups is 2. The fraction of sp³-hybridized carbons (Fsp3) is 0.556. The molecule has 0 unspecified atom stereocenters. The lowest BCUT2D eigenvalue weighted by atomic mass is 9.85. The molecule has 0 aliphatic carbocycles. The number of ether oxygens (including phenoxy) is 2. The standard InChI is InChI=1S/C18H24NO4.HI/c1-19(2)13-9-10-14(19)16(18(21)22-3)15(11-13)23-17(20)12-7-5-4-6-8-12;/h4-8,13-16H,9-11H2,1-3H3;1H/q+1;/p-1/t13-,14+,15-,16+;/m0./s1. The van der Waals surface area contributed by atoms with E-state index >= 15 is 0 Å². The van der Waals surface area contributed by atoms with Gasteiger partial charge in [-0.2, -0.15) is 0 Å². The van der Waals surface area contributed by atoms with Crippen molar-refractivity contribution >= 4 is 11.9 Å². The van der Waals surface area contributed by atoms with Crippen molar-refractivity contribution in [3.05, 3.63) is 35.9 Å². The number of rotatable bonds is 3. The third kappa shape index (κ3) is 3.31. The average Bonchev–Trinajstić information content (AvgIpc) is 2.73. The number of halogens is 1. The molecular formula is C18H24INO4. The Morgan fingerprint density at radius 3 is 2.42 bits per heavy atom. The Morgan fingerprint density at radius 1 is 1.12 bits per heavy atom. The predicted molar refractivity (Wildman–Crippen MR) is 84.7 cm³/mol. The van der Waals surface area contributed by atoms with Crippen LogP contribution in [0.5, 0.6) is 0 Å². The Hall–Kier alpha value is -1.15. The van der Waals surface area contributed by atoms with E-state index in [0.29, 0.717) is 18.0 Å². The molecule has 0 N–H and O–H groups in total. The number of piperidine rings is 1. The molecule has 1 aromatic rings. The minimum atomic E-state index is -0.404. The van der Waals surface area contributed by atoms with E-state index in [1.807, 2.05) is 6.07 Å². The van der Waals surface area contributed by atoms with Gasteiger partial charge in [0.25, 0.3) is 0 Å². The molecule has 2 aliphatic heterocycles. The van der Waals surface area contributed by atoms with Gasteiger partial charge >= 0.3 is 11.9 Å². The highest BCUT2D eigenvalue weighted by Crippen LogP contribution is 2.44. The zero-order valence-electron chi connectivity index (χ0n) is 14.3. The summed E-state index contributed by atoms with van der Waals surface area (Å²) in [5.41, 5.74) is 0.516. The molecule has 0 saturated carbocycles. The second-order valence-corrected chi connectivity index (χ2v) is 7.02. The van der Waals surface area contributed by atoms with Crippen molar-refractivity contribution in [1.82, 2.24) is 0 Å². The van der Waals surface area contributed by atoms with Gasteiger partial charge in [0.2, 0.25) is 0 Å². The van der Waals surface area contributed by atoms with Crippen molar-refractivity contribution in [2.24, 2.45) is 5.92 Å². The number of nitrogens with zero attached hydrogens (tertiary/aromatic N) is 1. The van der Waals surface area contributed by atoms with Gasteiger partial charge in [-0.25, -0.2) is 4.79 Å². The summed E-state index contributed by atoms with van der Waals surface area (Å²) < 4.78 is 11.6. The van der Waals surface area contributed by atoms with Crippen LogP contribution in [0.25, 0.3) is 0 Å². The number of esters is 2. The molecular weight excluding hydrogens is 421 g/mol. The maximum Gasteiger partial charge on any atom is 0.338 e. The van der Waals surface area contributed by atoms with Gasteiger partial charge in [-0.05, 0) is 12.1 Å². The van der Waals surface area contributed by atoms with Gasteiger partial charge in [-0.15, -0.1) is 0 Å². The van der Waals surface area contributed by atoms with Gasteiger partial charge in [-0.1, -0.05) is 18.2 Å². The molecule has 6 heteroatoms. The van der Waals surface area contributed by atoms with E-state index < -0.39 is 6.10 Å². The molecule has 2 heterocycles. The van der Waals surface area contributed by atoms with Crippen LogP contribution in [0.15, 0.2) is 30.3 Å². The van der Waals surface area contributed by atoms with E-state index in [2.05, 4.69) is 14.1 Å². The molecule has 4 atom stereocenters. The van der Waals surface area contributed by atoms with Crippen molar-refractivity contribution < 1.29 is 47.5 Å². The Kier molecular flexibility index (Phi) is 5.91. The largest absolute Gasteiger partial charge is 1.00 e. The molecule has 132 valence electrons. The van der Waals surface area contributed by atoms with Crippen LogP contribution in [0, 0.1) is 5.92 Å². The lowest BCUT2D eigenvalue weighted by Gasteiger charge is -2.47. The van der Waals surface area contributed by atoms with Crippen LogP contribution in [-0.4, -0.2) is 55.8 Å². The molecule has 2 bridgehead atoms. The van der Waals surface area contributed by atoms with E-state index in [9.17, 15) is 9.59 Å². The lowest BCUT2D eigenvalue weighted by Crippen LogP contribution is -3.00. The first-order valence-corrected chi connectivity index (χ1v) is 8.12. The molecule has 24 heavy (non-hydrogen) atoms. The van der Waals surface area contributed by atoms with Crippen LogP contribution in [0.4, 0.5) is 0 Å². The predicted octanol–water partition coefficient (Wildman–Crippen LogP) is -0.984. The highest BCUT2D eigenvalue weighted by molar-refractivity contribution is 5.89. The monoisotopic (exact) mass is 445 g/mol. The van der Waals surface area contributed by atoms with Crippen molar-refractivity contribution in [2.75, 3.05) is 21.2 Å². The normalized spacial score (nSPS) is 30.1. The third-order valence-electron chi connectivity index (χ3n) is 5.65. The van der Waals surface area contributed by atoms with Gasteiger partial charge in [0.05, 0.1) is 32.8 Å². The first-order chi connectivity index (χ1) is 10.9. The fourth-order valence-corrected chi connectivity index (χ4v) is 4.29. The second kappa shape index (κ2) is 7.39. The van der Waals surface area contributed by atoms with Crippen LogP contribution in [0.2, 0.25) is 0 Å². The first-order valence-electron chi connectivity index (χ1n) is 8.12. The van der Waals surface area contributed by atoms with Gasteiger partial charge in [-0.3, -0.25) is 4.79 Å². The van der Waals surface area contributed by atoms with Crippen LogP contribution in [0.3, 0.4) is 0 Å². The minimum absolute atomic E-state index is 0. The number of hydrogen-bond donors (Lipinski definition) is 0. The maximum absolute atomic E-state index is 12.4. The summed E-state index contributed by atoms with van der Waals surface area (Å²) in [6.07, 6.45) is 2.34. The molecule has 0 aromatic heterocycles.